The van der Waals surface area contributed by atoms with Crippen LogP contribution in [0, 0.1) is 0 Å². The van der Waals surface area contributed by atoms with Crippen molar-refractivity contribution in [2.24, 2.45) is 0 Å². The maximum absolute atomic E-state index is 11.9. The summed E-state index contributed by atoms with van der Waals surface area (Å²) in [6.07, 6.45) is 1.79. The molecule has 1 aliphatic heterocycles. The molecule has 0 spiro atoms. The molecule has 0 radical (unpaired) electrons. The van der Waals surface area contributed by atoms with E-state index in [4.69, 9.17) is 26.4 Å². The van der Waals surface area contributed by atoms with Gasteiger partial charge in [-0.05, 0) is 48.2 Å². The number of thioether (sulfide) groups is 1. The predicted molar refractivity (Wildman–Crippen MR) is 125 cm³/mol. The van der Waals surface area contributed by atoms with Gasteiger partial charge in [-0.2, -0.15) is 0 Å². The Morgan fingerprint density at radius 1 is 1.03 bits per heavy atom. The first kappa shape index (κ1) is 22.2. The third kappa shape index (κ3) is 5.77. The van der Waals surface area contributed by atoms with Crippen molar-refractivity contribution >= 4 is 40.3 Å². The lowest BCUT2D eigenvalue weighted by atomic mass is 10.0. The van der Waals surface area contributed by atoms with Crippen LogP contribution in [0.5, 0.6) is 17.2 Å². The van der Waals surface area contributed by atoms with E-state index in [-0.39, 0.29) is 5.91 Å². The first-order valence-corrected chi connectivity index (χ1v) is 11.1. The van der Waals surface area contributed by atoms with E-state index in [0.29, 0.717) is 46.5 Å². The molecule has 1 saturated heterocycles. The molecule has 0 aromatic heterocycles. The third-order valence-electron chi connectivity index (χ3n) is 4.35. The molecule has 0 unspecified atom stereocenters. The molecule has 2 aromatic carbocycles. The molecule has 0 bridgehead atoms. The second-order valence-corrected chi connectivity index (χ2v) is 8.60. The van der Waals surface area contributed by atoms with Gasteiger partial charge in [0.25, 0.3) is 5.91 Å². The Kier molecular flexibility index (Phi) is 7.76. The van der Waals surface area contributed by atoms with Crippen LogP contribution >= 0.6 is 24.0 Å². The number of rotatable bonds is 9. The average molecular weight is 444 g/mol. The Balaban J connectivity index is 1.64. The van der Waals surface area contributed by atoms with Crippen molar-refractivity contribution in [1.82, 2.24) is 5.32 Å². The fourth-order valence-corrected chi connectivity index (χ4v) is 4.01. The molecule has 1 amide bonds. The Bertz CT molecular complexity index is 956. The summed E-state index contributed by atoms with van der Waals surface area (Å²) < 4.78 is 18.0. The molecular weight excluding hydrogens is 418 g/mol. The van der Waals surface area contributed by atoms with Gasteiger partial charge in [-0.1, -0.05) is 62.1 Å². The summed E-state index contributed by atoms with van der Waals surface area (Å²) in [5.74, 6) is 2.36. The number of carbonyl (C=O) groups is 1. The molecule has 158 valence electrons. The van der Waals surface area contributed by atoms with Crippen molar-refractivity contribution in [2.75, 3.05) is 19.8 Å². The summed E-state index contributed by atoms with van der Waals surface area (Å²) in [6.45, 7) is 7.53. The lowest BCUT2D eigenvalue weighted by Gasteiger charge is -2.15. The summed E-state index contributed by atoms with van der Waals surface area (Å²) in [7, 11) is 0. The maximum Gasteiger partial charge on any atom is 0.263 e. The number of benzene rings is 2. The molecule has 1 N–H and O–H groups in total. The summed E-state index contributed by atoms with van der Waals surface area (Å²) in [5, 5.41) is 2.61. The Hall–Kier alpha value is -2.51. The number of ether oxygens (including phenoxy) is 3. The lowest BCUT2D eigenvalue weighted by molar-refractivity contribution is -0.115. The standard InChI is InChI=1S/C23H25NO4S2/c1-4-26-20-13-16(14-21-22(25)24-23(29)30-21)9-10-19(20)28-12-11-27-18-8-6-5-7-17(18)15(2)3/h5-10,13-15H,4,11-12H2,1-3H3,(H,24,25,29). The summed E-state index contributed by atoms with van der Waals surface area (Å²) in [6, 6.07) is 13.6. The summed E-state index contributed by atoms with van der Waals surface area (Å²) in [4.78, 5) is 12.4. The molecule has 1 aliphatic rings. The topological polar surface area (TPSA) is 56.8 Å². The molecule has 1 fully saturated rings. The van der Waals surface area contributed by atoms with Crippen LogP contribution in [0.3, 0.4) is 0 Å². The van der Waals surface area contributed by atoms with E-state index in [9.17, 15) is 4.79 Å². The molecule has 0 saturated carbocycles. The van der Waals surface area contributed by atoms with Crippen LogP contribution in [0.2, 0.25) is 0 Å². The number of hydrogen-bond donors (Lipinski definition) is 1. The Morgan fingerprint density at radius 2 is 1.77 bits per heavy atom. The lowest BCUT2D eigenvalue weighted by Crippen LogP contribution is -2.17. The zero-order valence-corrected chi connectivity index (χ0v) is 18.9. The number of hydrogen-bond acceptors (Lipinski definition) is 6. The van der Waals surface area contributed by atoms with Crippen LogP contribution in [0.25, 0.3) is 6.08 Å². The minimum Gasteiger partial charge on any atom is -0.490 e. The number of para-hydroxylation sites is 1. The smallest absolute Gasteiger partial charge is 0.263 e. The van der Waals surface area contributed by atoms with Crippen LogP contribution < -0.4 is 19.5 Å². The van der Waals surface area contributed by atoms with Crippen molar-refractivity contribution in [3.63, 3.8) is 0 Å². The SMILES string of the molecule is CCOc1cc(C=C2SC(=S)NC2=O)ccc1OCCOc1ccccc1C(C)C. The predicted octanol–water partition coefficient (Wildman–Crippen LogP) is 5.16. The Labute approximate surface area is 186 Å². The molecule has 0 aliphatic carbocycles. The van der Waals surface area contributed by atoms with Gasteiger partial charge in [-0.3, -0.25) is 4.79 Å². The monoisotopic (exact) mass is 443 g/mol. The van der Waals surface area contributed by atoms with Gasteiger partial charge in [0.05, 0.1) is 11.5 Å². The normalized spacial score (nSPS) is 14.9. The van der Waals surface area contributed by atoms with Gasteiger partial charge in [0.15, 0.2) is 11.5 Å². The quantitative estimate of drug-likeness (QED) is 0.328. The van der Waals surface area contributed by atoms with E-state index in [2.05, 4.69) is 25.2 Å². The van der Waals surface area contributed by atoms with Crippen molar-refractivity contribution in [3.05, 3.63) is 58.5 Å². The first-order valence-electron chi connectivity index (χ1n) is 9.84. The van der Waals surface area contributed by atoms with Crippen molar-refractivity contribution in [2.45, 2.75) is 26.7 Å². The minimum absolute atomic E-state index is 0.179. The molecule has 30 heavy (non-hydrogen) atoms. The van der Waals surface area contributed by atoms with Gasteiger partial charge in [-0.25, -0.2) is 0 Å². The van der Waals surface area contributed by atoms with Crippen LogP contribution in [0.4, 0.5) is 0 Å². The van der Waals surface area contributed by atoms with E-state index in [1.54, 1.807) is 6.08 Å². The molecular formula is C23H25NO4S2. The van der Waals surface area contributed by atoms with E-state index in [1.807, 2.05) is 43.3 Å². The average Bonchev–Trinajstić information content (AvgIpc) is 3.03. The highest BCUT2D eigenvalue weighted by Gasteiger charge is 2.22. The van der Waals surface area contributed by atoms with Gasteiger partial charge >= 0.3 is 0 Å². The van der Waals surface area contributed by atoms with Crippen LogP contribution in [-0.2, 0) is 4.79 Å². The Morgan fingerprint density at radius 3 is 2.43 bits per heavy atom. The minimum atomic E-state index is -0.179. The molecule has 2 aromatic rings. The van der Waals surface area contributed by atoms with E-state index in [1.165, 1.54) is 17.3 Å². The summed E-state index contributed by atoms with van der Waals surface area (Å²) >= 11 is 6.28. The fourth-order valence-electron chi connectivity index (χ4n) is 2.97. The van der Waals surface area contributed by atoms with Crippen molar-refractivity contribution < 1.29 is 19.0 Å². The number of amides is 1. The molecule has 0 atom stereocenters. The highest BCUT2D eigenvalue weighted by Crippen LogP contribution is 2.32. The van der Waals surface area contributed by atoms with Crippen LogP contribution in [0.1, 0.15) is 37.8 Å². The highest BCUT2D eigenvalue weighted by molar-refractivity contribution is 8.26. The van der Waals surface area contributed by atoms with Crippen molar-refractivity contribution in [3.8, 4) is 17.2 Å². The van der Waals surface area contributed by atoms with Gasteiger partial charge in [-0.15, -0.1) is 0 Å². The van der Waals surface area contributed by atoms with Crippen LogP contribution in [0.15, 0.2) is 47.4 Å². The third-order valence-corrected chi connectivity index (χ3v) is 5.51. The molecule has 7 heteroatoms. The van der Waals surface area contributed by atoms with E-state index >= 15 is 0 Å². The zero-order valence-electron chi connectivity index (χ0n) is 17.3. The number of nitrogens with one attached hydrogen (secondary N) is 1. The molecule has 5 nitrogen and oxygen atoms in total. The van der Waals surface area contributed by atoms with Gasteiger partial charge in [0.1, 0.15) is 23.3 Å². The highest BCUT2D eigenvalue weighted by atomic mass is 32.2. The maximum atomic E-state index is 11.9. The first-order chi connectivity index (χ1) is 14.5. The second-order valence-electron chi connectivity index (χ2n) is 6.88. The summed E-state index contributed by atoms with van der Waals surface area (Å²) in [5.41, 5.74) is 2.02. The van der Waals surface area contributed by atoms with E-state index < -0.39 is 0 Å². The largest absolute Gasteiger partial charge is 0.490 e. The molecule has 3 rings (SSSR count). The number of thiocarbonyl (C=S) groups is 1. The van der Waals surface area contributed by atoms with Gasteiger partial charge in [0.2, 0.25) is 0 Å². The van der Waals surface area contributed by atoms with Crippen LogP contribution in [-0.4, -0.2) is 30.0 Å². The van der Waals surface area contributed by atoms with Gasteiger partial charge < -0.3 is 19.5 Å². The second kappa shape index (κ2) is 10.5. The zero-order chi connectivity index (χ0) is 21.5. The number of carbonyl (C=O) groups excluding carboxylic acids is 1. The van der Waals surface area contributed by atoms with E-state index in [0.717, 1.165) is 11.3 Å². The molecule has 1 heterocycles. The fraction of sp³-hybridized carbons (Fsp3) is 0.304. The van der Waals surface area contributed by atoms with Gasteiger partial charge in [0, 0.05) is 0 Å². The van der Waals surface area contributed by atoms with Crippen molar-refractivity contribution in [1.29, 1.82) is 0 Å².